The Morgan fingerprint density at radius 3 is 2.40 bits per heavy atom. The molecule has 0 spiro atoms. The molecule has 2 aromatic rings. The topological polar surface area (TPSA) is 63.3 Å². The fraction of sp³-hybridized carbons (Fsp3) is 0.188. The van der Waals surface area contributed by atoms with Gasteiger partial charge < -0.3 is 10.8 Å². The van der Waals surface area contributed by atoms with E-state index < -0.39 is 5.97 Å². The Morgan fingerprint density at radius 2 is 1.80 bits per heavy atom. The van der Waals surface area contributed by atoms with Crippen molar-refractivity contribution in [1.29, 1.82) is 0 Å². The Balaban J connectivity index is 1.96. The molecule has 0 aliphatic rings. The van der Waals surface area contributed by atoms with E-state index in [9.17, 15) is 4.79 Å². The minimum atomic E-state index is -0.801. The highest BCUT2D eigenvalue weighted by Crippen LogP contribution is 2.25. The molecule has 0 aliphatic heterocycles. The molecule has 3 N–H and O–H groups in total. The summed E-state index contributed by atoms with van der Waals surface area (Å²) >= 11 is 1.74. The number of carboxylic acid groups (broad SMARTS) is 1. The zero-order valence-electron chi connectivity index (χ0n) is 11.3. The van der Waals surface area contributed by atoms with Gasteiger partial charge >= 0.3 is 5.97 Å². The third-order valence-corrected chi connectivity index (χ3v) is 4.09. The lowest BCUT2D eigenvalue weighted by atomic mass is 10.1. The molecule has 0 aliphatic carbocycles. The van der Waals surface area contributed by atoms with Crippen LogP contribution < -0.4 is 5.73 Å². The monoisotopic (exact) mass is 287 g/mol. The average Bonchev–Trinajstić information content (AvgIpc) is 2.41. The minimum Gasteiger partial charge on any atom is -0.481 e. The second-order valence-corrected chi connectivity index (χ2v) is 5.74. The number of carbonyl (C=O) groups is 1. The van der Waals surface area contributed by atoms with Crippen molar-refractivity contribution in [3.8, 4) is 0 Å². The lowest BCUT2D eigenvalue weighted by molar-refractivity contribution is -0.136. The van der Waals surface area contributed by atoms with Crippen LogP contribution in [0.5, 0.6) is 0 Å². The smallest absolute Gasteiger partial charge is 0.307 e. The maximum Gasteiger partial charge on any atom is 0.307 e. The van der Waals surface area contributed by atoms with Crippen LogP contribution in [0.2, 0.25) is 0 Å². The van der Waals surface area contributed by atoms with Gasteiger partial charge in [0.25, 0.3) is 0 Å². The summed E-state index contributed by atoms with van der Waals surface area (Å²) in [6, 6.07) is 13.7. The van der Waals surface area contributed by atoms with E-state index in [0.29, 0.717) is 0 Å². The van der Waals surface area contributed by atoms with E-state index in [2.05, 4.69) is 6.07 Å². The van der Waals surface area contributed by atoms with E-state index in [1.807, 2.05) is 43.3 Å². The molecule has 0 fully saturated rings. The quantitative estimate of drug-likeness (QED) is 0.652. The van der Waals surface area contributed by atoms with Crippen molar-refractivity contribution in [2.75, 3.05) is 5.73 Å². The standard InChI is InChI=1S/C16H17NO2S/c1-11-8-14(6-7-15(11)17)20-10-13-4-2-12(3-5-13)9-16(18)19/h2-8H,9-10,17H2,1H3,(H,18,19). The summed E-state index contributed by atoms with van der Waals surface area (Å²) in [7, 11) is 0. The summed E-state index contributed by atoms with van der Waals surface area (Å²) in [4.78, 5) is 11.8. The molecule has 0 saturated carbocycles. The molecule has 0 bridgehead atoms. The number of rotatable bonds is 5. The van der Waals surface area contributed by atoms with Crippen LogP contribution in [-0.2, 0) is 17.0 Å². The number of hydrogen-bond acceptors (Lipinski definition) is 3. The predicted octanol–water partition coefficient (Wildman–Crippen LogP) is 3.50. The Labute approximate surface area is 122 Å². The van der Waals surface area contributed by atoms with Gasteiger partial charge in [-0.05, 0) is 41.8 Å². The van der Waals surface area contributed by atoms with Gasteiger partial charge in [0.2, 0.25) is 0 Å². The van der Waals surface area contributed by atoms with Crippen LogP contribution in [-0.4, -0.2) is 11.1 Å². The lowest BCUT2D eigenvalue weighted by Crippen LogP contribution is -1.99. The van der Waals surface area contributed by atoms with Crippen LogP contribution in [0.1, 0.15) is 16.7 Å². The zero-order valence-corrected chi connectivity index (χ0v) is 12.1. The fourth-order valence-electron chi connectivity index (χ4n) is 1.83. The molecule has 2 rings (SSSR count). The van der Waals surface area contributed by atoms with E-state index in [0.717, 1.165) is 22.6 Å². The molecule has 0 unspecified atom stereocenters. The molecule has 0 aromatic heterocycles. The van der Waals surface area contributed by atoms with Crippen LogP contribution in [0.4, 0.5) is 5.69 Å². The van der Waals surface area contributed by atoms with Gasteiger partial charge in [-0.2, -0.15) is 0 Å². The predicted molar refractivity (Wildman–Crippen MR) is 82.9 cm³/mol. The first-order valence-electron chi connectivity index (χ1n) is 6.33. The Kier molecular flexibility index (Phi) is 4.69. The van der Waals surface area contributed by atoms with Gasteiger partial charge in [0.05, 0.1) is 6.42 Å². The van der Waals surface area contributed by atoms with Crippen LogP contribution in [0.15, 0.2) is 47.4 Å². The van der Waals surface area contributed by atoms with Gasteiger partial charge in [-0.25, -0.2) is 0 Å². The number of aryl methyl sites for hydroxylation is 1. The number of aliphatic carboxylic acids is 1. The lowest BCUT2D eigenvalue weighted by Gasteiger charge is -2.06. The van der Waals surface area contributed by atoms with Crippen molar-refractivity contribution in [2.45, 2.75) is 24.0 Å². The van der Waals surface area contributed by atoms with E-state index >= 15 is 0 Å². The highest BCUT2D eigenvalue weighted by atomic mass is 32.2. The SMILES string of the molecule is Cc1cc(SCc2ccc(CC(=O)O)cc2)ccc1N. The molecule has 0 radical (unpaired) electrons. The highest BCUT2D eigenvalue weighted by molar-refractivity contribution is 7.98. The summed E-state index contributed by atoms with van der Waals surface area (Å²) in [6.45, 7) is 2.00. The van der Waals surface area contributed by atoms with Crippen molar-refractivity contribution >= 4 is 23.4 Å². The number of carboxylic acids is 1. The molecule has 0 saturated heterocycles. The first-order valence-corrected chi connectivity index (χ1v) is 7.31. The van der Waals surface area contributed by atoms with Crippen LogP contribution in [0.3, 0.4) is 0 Å². The highest BCUT2D eigenvalue weighted by Gasteiger charge is 2.02. The molecule has 0 atom stereocenters. The summed E-state index contributed by atoms with van der Waals surface area (Å²) in [5, 5.41) is 8.72. The van der Waals surface area contributed by atoms with Crippen LogP contribution in [0, 0.1) is 6.92 Å². The van der Waals surface area contributed by atoms with Crippen molar-refractivity contribution in [1.82, 2.24) is 0 Å². The molecule has 0 heterocycles. The summed E-state index contributed by atoms with van der Waals surface area (Å²) in [5.74, 6) is 0.0564. The summed E-state index contributed by atoms with van der Waals surface area (Å²) < 4.78 is 0. The molecule has 104 valence electrons. The Morgan fingerprint density at radius 1 is 1.15 bits per heavy atom. The van der Waals surface area contributed by atoms with Gasteiger partial charge in [-0.1, -0.05) is 24.3 Å². The normalized spacial score (nSPS) is 10.4. The number of benzene rings is 2. The van der Waals surface area contributed by atoms with Crippen LogP contribution >= 0.6 is 11.8 Å². The maximum atomic E-state index is 10.6. The molecule has 0 amide bonds. The molecule has 20 heavy (non-hydrogen) atoms. The van der Waals surface area contributed by atoms with E-state index in [1.165, 1.54) is 10.5 Å². The maximum absolute atomic E-state index is 10.6. The first-order chi connectivity index (χ1) is 9.54. The Hall–Kier alpha value is -1.94. The largest absolute Gasteiger partial charge is 0.481 e. The fourth-order valence-corrected chi connectivity index (χ4v) is 2.78. The average molecular weight is 287 g/mol. The van der Waals surface area contributed by atoms with Gasteiger partial charge in [0.15, 0.2) is 0 Å². The Bertz CT molecular complexity index is 608. The number of anilines is 1. The van der Waals surface area contributed by atoms with Crippen molar-refractivity contribution in [2.24, 2.45) is 0 Å². The molecular formula is C16H17NO2S. The number of nitrogens with two attached hydrogens (primary N) is 1. The van der Waals surface area contributed by atoms with Crippen molar-refractivity contribution < 1.29 is 9.90 Å². The summed E-state index contributed by atoms with van der Waals surface area (Å²) in [6.07, 6.45) is 0.0740. The van der Waals surface area contributed by atoms with Crippen molar-refractivity contribution in [3.63, 3.8) is 0 Å². The molecule has 4 heteroatoms. The molecule has 2 aromatic carbocycles. The third-order valence-electron chi connectivity index (χ3n) is 3.03. The van der Waals surface area contributed by atoms with E-state index in [4.69, 9.17) is 10.8 Å². The third kappa shape index (κ3) is 4.03. The molecule has 3 nitrogen and oxygen atoms in total. The molecular weight excluding hydrogens is 270 g/mol. The van der Waals surface area contributed by atoms with Gasteiger partial charge in [-0.15, -0.1) is 11.8 Å². The number of thioether (sulfide) groups is 1. The second-order valence-electron chi connectivity index (χ2n) is 4.69. The van der Waals surface area contributed by atoms with E-state index in [-0.39, 0.29) is 6.42 Å². The number of hydrogen-bond donors (Lipinski definition) is 2. The van der Waals surface area contributed by atoms with Crippen LogP contribution in [0.25, 0.3) is 0 Å². The zero-order chi connectivity index (χ0) is 14.5. The van der Waals surface area contributed by atoms with Gasteiger partial charge in [0.1, 0.15) is 0 Å². The minimum absolute atomic E-state index is 0.0740. The van der Waals surface area contributed by atoms with Gasteiger partial charge in [-0.3, -0.25) is 4.79 Å². The first kappa shape index (κ1) is 14.5. The van der Waals surface area contributed by atoms with Gasteiger partial charge in [0, 0.05) is 16.3 Å². The second kappa shape index (κ2) is 6.48. The number of nitrogen functional groups attached to an aromatic ring is 1. The van der Waals surface area contributed by atoms with E-state index in [1.54, 1.807) is 11.8 Å². The summed E-state index contributed by atoms with van der Waals surface area (Å²) in [5.41, 5.74) is 9.70. The van der Waals surface area contributed by atoms with Crippen molar-refractivity contribution in [3.05, 3.63) is 59.2 Å².